The van der Waals surface area contributed by atoms with E-state index < -0.39 is 10.0 Å². The number of nitrogen functional groups attached to an aromatic ring is 1. The van der Waals surface area contributed by atoms with Gasteiger partial charge < -0.3 is 11.5 Å². The van der Waals surface area contributed by atoms with Gasteiger partial charge in [-0.25, -0.2) is 0 Å². The third-order valence-corrected chi connectivity index (χ3v) is 3.19. The molecule has 0 radical (unpaired) electrons. The molecule has 0 atom stereocenters. The Balaban J connectivity index is 3.04. The van der Waals surface area contributed by atoms with Crippen LogP contribution in [0, 0.1) is 0 Å². The van der Waals surface area contributed by atoms with E-state index in [1.165, 1.54) is 31.2 Å². The van der Waals surface area contributed by atoms with Crippen molar-refractivity contribution in [2.75, 3.05) is 5.73 Å². The maximum Gasteiger partial charge on any atom is 0.283 e. The zero-order valence-electron chi connectivity index (χ0n) is 9.25. The summed E-state index contributed by atoms with van der Waals surface area (Å²) in [7, 11) is -3.87. The maximum absolute atomic E-state index is 11.7. The van der Waals surface area contributed by atoms with Crippen molar-refractivity contribution in [3.05, 3.63) is 24.3 Å². The quantitative estimate of drug-likeness (QED) is 0.456. The van der Waals surface area contributed by atoms with Crippen molar-refractivity contribution in [3.63, 3.8) is 0 Å². The van der Waals surface area contributed by atoms with E-state index in [0.29, 0.717) is 5.69 Å². The predicted octanol–water partition coefficient (Wildman–Crippen LogP) is 0.294. The van der Waals surface area contributed by atoms with Crippen molar-refractivity contribution < 1.29 is 13.2 Å². The second-order valence-electron chi connectivity index (χ2n) is 3.51. The molecule has 0 fully saturated rings. The number of nitrogens with zero attached hydrogens (tertiary/aromatic N) is 1. The van der Waals surface area contributed by atoms with Crippen molar-refractivity contribution in [2.24, 2.45) is 10.1 Å². The van der Waals surface area contributed by atoms with Gasteiger partial charge in [0.15, 0.2) is 0 Å². The Kier molecular flexibility index (Phi) is 3.84. The molecule has 0 heterocycles. The normalized spacial score (nSPS) is 12.4. The molecule has 17 heavy (non-hydrogen) atoms. The minimum Gasteiger partial charge on any atom is -0.399 e. The Hall–Kier alpha value is -1.89. The van der Waals surface area contributed by atoms with Gasteiger partial charge in [0.05, 0.1) is 11.3 Å². The molecule has 0 bridgehead atoms. The van der Waals surface area contributed by atoms with Crippen LogP contribution in [0.1, 0.15) is 13.3 Å². The Morgan fingerprint density at radius 3 is 2.29 bits per heavy atom. The van der Waals surface area contributed by atoms with Gasteiger partial charge in [0.1, 0.15) is 11.6 Å². The second kappa shape index (κ2) is 4.96. The third kappa shape index (κ3) is 3.87. The molecule has 0 unspecified atom stereocenters. The molecule has 6 nitrogen and oxygen atoms in total. The minimum absolute atomic E-state index is 0.0156. The highest BCUT2D eigenvalue weighted by molar-refractivity contribution is 7.90. The highest BCUT2D eigenvalue weighted by Gasteiger charge is 2.13. The van der Waals surface area contributed by atoms with E-state index in [9.17, 15) is 13.2 Å². The summed E-state index contributed by atoms with van der Waals surface area (Å²) in [4.78, 5) is 10.7. The van der Waals surface area contributed by atoms with Gasteiger partial charge in [0.2, 0.25) is 0 Å². The third-order valence-electron chi connectivity index (χ3n) is 1.85. The van der Waals surface area contributed by atoms with E-state index in [4.69, 9.17) is 11.5 Å². The fourth-order valence-electron chi connectivity index (χ4n) is 1.13. The first-order valence-corrected chi connectivity index (χ1v) is 6.19. The lowest BCUT2D eigenvalue weighted by Gasteiger charge is -2.01. The van der Waals surface area contributed by atoms with Gasteiger partial charge in [-0.1, -0.05) is 0 Å². The van der Waals surface area contributed by atoms with Crippen LogP contribution in [0.3, 0.4) is 0 Å². The van der Waals surface area contributed by atoms with E-state index in [-0.39, 0.29) is 22.9 Å². The van der Waals surface area contributed by atoms with Gasteiger partial charge in [0.25, 0.3) is 10.0 Å². The topological polar surface area (TPSA) is 116 Å². The predicted molar refractivity (Wildman–Crippen MR) is 65.0 cm³/mol. The highest BCUT2D eigenvalue weighted by Crippen LogP contribution is 2.14. The minimum atomic E-state index is -3.87. The van der Waals surface area contributed by atoms with Crippen molar-refractivity contribution in [3.8, 4) is 0 Å². The molecule has 0 saturated heterocycles. The van der Waals surface area contributed by atoms with Crippen LogP contribution in [0.5, 0.6) is 0 Å². The Morgan fingerprint density at radius 2 is 1.82 bits per heavy atom. The lowest BCUT2D eigenvalue weighted by molar-refractivity contribution is -0.115. The van der Waals surface area contributed by atoms with Gasteiger partial charge in [-0.05, 0) is 31.2 Å². The summed E-state index contributed by atoms with van der Waals surface area (Å²) in [6.45, 7) is 1.30. The summed E-state index contributed by atoms with van der Waals surface area (Å²) in [6.07, 6.45) is -0.186. The first-order valence-electron chi connectivity index (χ1n) is 4.75. The number of carbonyl (C=O) groups is 1. The van der Waals surface area contributed by atoms with E-state index in [0.717, 1.165) is 0 Å². The first-order chi connectivity index (χ1) is 7.81. The second-order valence-corrected chi connectivity index (χ2v) is 5.11. The fourth-order valence-corrected chi connectivity index (χ4v) is 2.09. The van der Waals surface area contributed by atoms with E-state index in [1.807, 2.05) is 0 Å². The molecule has 0 spiro atoms. The molecule has 1 aromatic rings. The Labute approximate surface area is 99.4 Å². The average molecular weight is 255 g/mol. The van der Waals surface area contributed by atoms with Gasteiger partial charge in [-0.3, -0.25) is 4.79 Å². The van der Waals surface area contributed by atoms with Gasteiger partial charge >= 0.3 is 0 Å². The molecular formula is C10H13N3O3S. The SMILES string of the molecule is CC(=O)C/C(N)=N/S(=O)(=O)c1ccc(N)cc1. The number of hydrogen-bond acceptors (Lipinski definition) is 4. The summed E-state index contributed by atoms with van der Waals surface area (Å²) in [5.41, 5.74) is 11.2. The number of hydrogen-bond donors (Lipinski definition) is 2. The number of benzene rings is 1. The molecule has 1 rings (SSSR count). The molecule has 0 aliphatic rings. The fraction of sp³-hybridized carbons (Fsp3) is 0.200. The highest BCUT2D eigenvalue weighted by atomic mass is 32.2. The largest absolute Gasteiger partial charge is 0.399 e. The summed E-state index contributed by atoms with van der Waals surface area (Å²) in [6, 6.07) is 5.55. The number of rotatable bonds is 4. The molecule has 7 heteroatoms. The van der Waals surface area contributed by atoms with Crippen LogP contribution < -0.4 is 11.5 Å². The maximum atomic E-state index is 11.7. The van der Waals surface area contributed by atoms with Crippen molar-refractivity contribution in [1.82, 2.24) is 0 Å². The van der Waals surface area contributed by atoms with Crippen LogP contribution in [0.25, 0.3) is 0 Å². The Bertz CT molecular complexity index is 547. The van der Waals surface area contributed by atoms with E-state index >= 15 is 0 Å². The summed E-state index contributed by atoms with van der Waals surface area (Å²) in [5.74, 6) is -0.479. The number of nitrogens with two attached hydrogens (primary N) is 2. The lowest BCUT2D eigenvalue weighted by Crippen LogP contribution is -2.17. The number of ketones is 1. The number of sulfonamides is 1. The zero-order chi connectivity index (χ0) is 13.1. The van der Waals surface area contributed by atoms with Gasteiger partial charge in [-0.2, -0.15) is 8.42 Å². The lowest BCUT2D eigenvalue weighted by atomic mass is 10.3. The number of Topliss-reactive ketones (excluding diaryl/α,β-unsaturated/α-hetero) is 1. The molecule has 0 saturated carbocycles. The summed E-state index contributed by atoms with van der Waals surface area (Å²) < 4.78 is 26.8. The zero-order valence-corrected chi connectivity index (χ0v) is 10.1. The Morgan fingerprint density at radius 1 is 1.29 bits per heavy atom. The summed E-state index contributed by atoms with van der Waals surface area (Å²) >= 11 is 0. The molecule has 1 aromatic carbocycles. The van der Waals surface area contributed by atoms with Crippen molar-refractivity contribution in [1.29, 1.82) is 0 Å². The van der Waals surface area contributed by atoms with Crippen LogP contribution in [-0.4, -0.2) is 20.0 Å². The van der Waals surface area contributed by atoms with Crippen LogP contribution in [0.2, 0.25) is 0 Å². The average Bonchev–Trinajstić information content (AvgIpc) is 2.15. The monoisotopic (exact) mass is 255 g/mol. The summed E-state index contributed by atoms with van der Waals surface area (Å²) in [5, 5.41) is 0. The molecular weight excluding hydrogens is 242 g/mol. The number of amidine groups is 1. The van der Waals surface area contributed by atoms with Crippen LogP contribution >= 0.6 is 0 Å². The van der Waals surface area contributed by atoms with Crippen molar-refractivity contribution in [2.45, 2.75) is 18.2 Å². The van der Waals surface area contributed by atoms with Crippen LogP contribution in [-0.2, 0) is 14.8 Å². The van der Waals surface area contributed by atoms with Crippen molar-refractivity contribution >= 4 is 27.3 Å². The van der Waals surface area contributed by atoms with Crippen LogP contribution in [0.15, 0.2) is 33.6 Å². The van der Waals surface area contributed by atoms with E-state index in [2.05, 4.69) is 4.40 Å². The number of anilines is 1. The molecule has 4 N–H and O–H groups in total. The molecule has 0 aromatic heterocycles. The smallest absolute Gasteiger partial charge is 0.283 e. The van der Waals surface area contributed by atoms with E-state index in [1.54, 1.807) is 0 Å². The molecule has 0 aliphatic carbocycles. The number of carbonyl (C=O) groups excluding carboxylic acids is 1. The standard InChI is InChI=1S/C10H13N3O3S/c1-7(14)6-10(12)13-17(15,16)9-4-2-8(11)3-5-9/h2-5H,6,11H2,1H3,(H2,12,13). The molecule has 0 aliphatic heterocycles. The van der Waals surface area contributed by atoms with Crippen LogP contribution in [0.4, 0.5) is 5.69 Å². The first kappa shape index (κ1) is 13.2. The van der Waals surface area contributed by atoms with Gasteiger partial charge in [-0.15, -0.1) is 4.40 Å². The molecule has 92 valence electrons. The molecule has 0 amide bonds. The van der Waals surface area contributed by atoms with Gasteiger partial charge in [0, 0.05) is 5.69 Å².